The number of carboxylic acid groups (broad SMARTS) is 1. The lowest BCUT2D eigenvalue weighted by atomic mass is 10.1. The van der Waals surface area contributed by atoms with Gasteiger partial charge in [0.25, 0.3) is 0 Å². The van der Waals surface area contributed by atoms with Crippen molar-refractivity contribution in [1.82, 2.24) is 9.61 Å². The number of carbonyl (C=O) groups is 1. The van der Waals surface area contributed by atoms with Crippen LogP contribution in [0.2, 0.25) is 0 Å². The summed E-state index contributed by atoms with van der Waals surface area (Å²) in [7, 11) is 0. The molecule has 33 heavy (non-hydrogen) atoms. The van der Waals surface area contributed by atoms with Gasteiger partial charge >= 0.3 is 5.97 Å². The fourth-order valence-electron chi connectivity index (χ4n) is 4.31. The van der Waals surface area contributed by atoms with Crippen molar-refractivity contribution in [3.8, 4) is 17.0 Å². The number of aromatic nitrogens is 2. The number of fused-ring (bicyclic) bond motifs is 2. The second-order valence-electron chi connectivity index (χ2n) is 8.14. The van der Waals surface area contributed by atoms with Gasteiger partial charge in [-0.2, -0.15) is 5.10 Å². The van der Waals surface area contributed by atoms with Gasteiger partial charge in [-0.15, -0.1) is 0 Å². The Kier molecular flexibility index (Phi) is 5.53. The van der Waals surface area contributed by atoms with Crippen molar-refractivity contribution < 1.29 is 14.6 Å². The van der Waals surface area contributed by atoms with E-state index in [1.54, 1.807) is 4.52 Å². The topological polar surface area (TPSA) is 63.8 Å². The molecule has 0 radical (unpaired) electrons. The minimum atomic E-state index is -1.01. The van der Waals surface area contributed by atoms with E-state index >= 15 is 0 Å². The van der Waals surface area contributed by atoms with E-state index in [4.69, 9.17) is 4.74 Å². The van der Waals surface area contributed by atoms with Gasteiger partial charge in [0.2, 0.25) is 0 Å². The Morgan fingerprint density at radius 3 is 2.61 bits per heavy atom. The zero-order valence-corrected chi connectivity index (χ0v) is 18.4. The lowest BCUT2D eigenvalue weighted by Gasteiger charge is -2.09. The highest BCUT2D eigenvalue weighted by molar-refractivity contribution is 5.90. The van der Waals surface area contributed by atoms with Crippen LogP contribution in [0, 0.1) is 6.92 Å². The number of pyridine rings is 1. The van der Waals surface area contributed by atoms with Crippen molar-refractivity contribution >= 4 is 22.3 Å². The van der Waals surface area contributed by atoms with Crippen molar-refractivity contribution in [3.05, 3.63) is 102 Å². The number of hydrogen-bond acceptors (Lipinski definition) is 3. The molecule has 5 rings (SSSR count). The first-order valence-electron chi connectivity index (χ1n) is 11.0. The maximum Gasteiger partial charge on any atom is 0.356 e. The van der Waals surface area contributed by atoms with Crippen LogP contribution >= 0.6 is 0 Å². The maximum atomic E-state index is 12.0. The van der Waals surface area contributed by atoms with Gasteiger partial charge in [-0.05, 0) is 49.4 Å². The quantitative estimate of drug-likeness (QED) is 0.310. The van der Waals surface area contributed by atoms with E-state index in [1.807, 2.05) is 73.7 Å². The number of aromatic carboxylic acids is 1. The molecule has 5 nitrogen and oxygen atoms in total. The first-order valence-corrected chi connectivity index (χ1v) is 11.0. The Morgan fingerprint density at radius 2 is 1.76 bits per heavy atom. The van der Waals surface area contributed by atoms with Crippen LogP contribution in [0.4, 0.5) is 0 Å². The summed E-state index contributed by atoms with van der Waals surface area (Å²) in [6, 6.07) is 28.1. The summed E-state index contributed by atoms with van der Waals surface area (Å²) in [6.07, 6.45) is 1.24. The number of ether oxygens (including phenoxy) is 1. The number of carboxylic acids is 1. The summed E-state index contributed by atoms with van der Waals surface area (Å²) in [5, 5.41) is 16.5. The van der Waals surface area contributed by atoms with Crippen molar-refractivity contribution in [2.24, 2.45) is 0 Å². The molecule has 0 saturated heterocycles. The van der Waals surface area contributed by atoms with Crippen molar-refractivity contribution in [2.75, 3.05) is 6.61 Å². The first-order chi connectivity index (χ1) is 16.1. The summed E-state index contributed by atoms with van der Waals surface area (Å²) < 4.78 is 7.81. The van der Waals surface area contributed by atoms with Crippen LogP contribution in [0.3, 0.4) is 0 Å². The molecule has 5 aromatic rings. The zero-order chi connectivity index (χ0) is 22.8. The summed E-state index contributed by atoms with van der Waals surface area (Å²) in [6.45, 7) is 2.53. The van der Waals surface area contributed by atoms with Crippen molar-refractivity contribution in [2.45, 2.75) is 19.8 Å². The second kappa shape index (κ2) is 8.79. The third kappa shape index (κ3) is 4.05. The minimum Gasteiger partial charge on any atom is -0.493 e. The van der Waals surface area contributed by atoms with E-state index in [-0.39, 0.29) is 5.69 Å². The number of benzene rings is 3. The normalized spacial score (nSPS) is 11.2. The summed E-state index contributed by atoms with van der Waals surface area (Å²) >= 11 is 0. The number of hydrogen-bond donors (Lipinski definition) is 1. The molecule has 0 amide bonds. The zero-order valence-electron chi connectivity index (χ0n) is 18.4. The largest absolute Gasteiger partial charge is 0.493 e. The van der Waals surface area contributed by atoms with Gasteiger partial charge in [0.1, 0.15) is 5.75 Å². The van der Waals surface area contributed by atoms with E-state index in [0.29, 0.717) is 19.4 Å². The van der Waals surface area contributed by atoms with Crippen LogP contribution in [0.1, 0.15) is 28.0 Å². The van der Waals surface area contributed by atoms with Gasteiger partial charge in [0.15, 0.2) is 5.69 Å². The molecule has 2 heterocycles. The first kappa shape index (κ1) is 20.8. The minimum absolute atomic E-state index is 0.0975. The van der Waals surface area contributed by atoms with Gasteiger partial charge < -0.3 is 9.84 Å². The van der Waals surface area contributed by atoms with Crippen LogP contribution < -0.4 is 4.74 Å². The Balaban J connectivity index is 1.41. The molecule has 0 aliphatic carbocycles. The van der Waals surface area contributed by atoms with Gasteiger partial charge in [-0.1, -0.05) is 66.2 Å². The van der Waals surface area contributed by atoms with E-state index in [0.717, 1.165) is 44.4 Å². The van der Waals surface area contributed by atoms with E-state index in [9.17, 15) is 9.90 Å². The molecule has 0 bridgehead atoms. The summed E-state index contributed by atoms with van der Waals surface area (Å²) in [4.78, 5) is 12.0. The monoisotopic (exact) mass is 436 g/mol. The third-order valence-corrected chi connectivity index (χ3v) is 5.85. The Labute approximate surface area is 191 Å². The Bertz CT molecular complexity index is 1460. The second-order valence-corrected chi connectivity index (χ2v) is 8.14. The van der Waals surface area contributed by atoms with Crippen molar-refractivity contribution in [3.63, 3.8) is 0 Å². The van der Waals surface area contributed by atoms with E-state index in [2.05, 4.69) is 23.3 Å². The number of aryl methyl sites for hydroxylation is 2. The van der Waals surface area contributed by atoms with Crippen LogP contribution in [0.15, 0.2) is 84.9 Å². The highest BCUT2D eigenvalue weighted by atomic mass is 16.5. The predicted molar refractivity (Wildman–Crippen MR) is 130 cm³/mol. The SMILES string of the molecule is Cc1cccc(-c2cccc3c(CCCOc4cccc5ccccc45)c(C(=O)O)nn23)c1. The molecular formula is C28H24N2O3. The van der Waals surface area contributed by atoms with Gasteiger partial charge in [-0.25, -0.2) is 9.31 Å². The molecule has 0 spiro atoms. The van der Waals surface area contributed by atoms with Crippen LogP contribution in [-0.4, -0.2) is 27.3 Å². The molecule has 0 saturated carbocycles. The highest BCUT2D eigenvalue weighted by Gasteiger charge is 2.20. The average molecular weight is 437 g/mol. The summed E-state index contributed by atoms with van der Waals surface area (Å²) in [5.41, 5.74) is 4.67. The van der Waals surface area contributed by atoms with Crippen LogP contribution in [0.25, 0.3) is 27.5 Å². The van der Waals surface area contributed by atoms with Gasteiger partial charge in [-0.3, -0.25) is 0 Å². The fraction of sp³-hybridized carbons (Fsp3) is 0.143. The van der Waals surface area contributed by atoms with E-state index in [1.165, 1.54) is 0 Å². The molecule has 3 aromatic carbocycles. The molecule has 0 fully saturated rings. The maximum absolute atomic E-state index is 12.0. The molecule has 5 heteroatoms. The van der Waals surface area contributed by atoms with Gasteiger partial charge in [0, 0.05) is 16.5 Å². The van der Waals surface area contributed by atoms with Crippen molar-refractivity contribution in [1.29, 1.82) is 0 Å². The molecular weight excluding hydrogens is 412 g/mol. The molecule has 2 aromatic heterocycles. The lowest BCUT2D eigenvalue weighted by Crippen LogP contribution is -2.04. The number of rotatable bonds is 7. The lowest BCUT2D eigenvalue weighted by molar-refractivity contribution is 0.0689. The predicted octanol–water partition coefficient (Wildman–Crippen LogP) is 6.17. The fourth-order valence-corrected chi connectivity index (χ4v) is 4.31. The summed E-state index contributed by atoms with van der Waals surface area (Å²) in [5.74, 6) is -0.174. The Hall–Kier alpha value is -4.12. The molecule has 0 aliphatic heterocycles. The smallest absolute Gasteiger partial charge is 0.356 e. The van der Waals surface area contributed by atoms with Crippen LogP contribution in [-0.2, 0) is 6.42 Å². The third-order valence-electron chi connectivity index (χ3n) is 5.85. The molecule has 1 N–H and O–H groups in total. The molecule has 164 valence electrons. The molecule has 0 unspecified atom stereocenters. The van der Waals surface area contributed by atoms with Crippen LogP contribution in [0.5, 0.6) is 5.75 Å². The standard InChI is InChI=1S/C28H24N2O3/c1-19-8-4-11-21(18-19)24-14-6-15-25-23(27(28(31)32)29-30(24)25)13-7-17-33-26-16-5-10-20-9-2-3-12-22(20)26/h2-6,8-12,14-16,18H,7,13,17H2,1H3,(H,31,32). The Morgan fingerprint density at radius 1 is 0.970 bits per heavy atom. The molecule has 0 aliphatic rings. The van der Waals surface area contributed by atoms with E-state index < -0.39 is 5.97 Å². The number of nitrogens with zero attached hydrogens (tertiary/aromatic N) is 2. The average Bonchev–Trinajstić information content (AvgIpc) is 3.21. The molecule has 0 atom stereocenters. The van der Waals surface area contributed by atoms with Gasteiger partial charge in [0.05, 0.1) is 17.8 Å². The highest BCUT2D eigenvalue weighted by Crippen LogP contribution is 2.27.